The number of rotatable bonds is 63. The summed E-state index contributed by atoms with van der Waals surface area (Å²) in [4.78, 5) is 23.4. The standard InChI is InChI=1S/C78H133N2O6P/c1-6-8-10-12-14-16-18-20-22-24-26-28-30-32-33-34-35-36-37-38-39-40-41-42-43-44-45-46-47-48-50-52-54-56-58-60-62-64-66-68-70-72-78(82)79-76(75-86-87(83,84)85-74-73-80(3,4)5)77(81)71-69-67-65-63-61-59-57-55-53-51-49-31-29-27-25-23-21-19-17-15-13-11-9-7-2/h8,10,14,16,20,22,26,28,32-33,35-36,38-39,41-42,44-45,47-48,52,54,58,60,69,71,76-77,81H,6-7,9,11-13,15,17-19,21,23-25,27,29-31,34,37,40,43,46,49-51,53,55-57,59,61-68,70,72-75H2,1-5H3,(H-,79,82,83,84)/p+1/b10-8-,16-14-,22-20-,28-26-,33-32-,36-35-,39-38-,42-41-,45-44-,48-47-,54-52-,60-58-,71-69+. The van der Waals surface area contributed by atoms with Gasteiger partial charge in [0.1, 0.15) is 13.2 Å². The summed E-state index contributed by atoms with van der Waals surface area (Å²) in [6.45, 7) is 4.69. The van der Waals surface area contributed by atoms with Gasteiger partial charge in [-0.25, -0.2) is 4.57 Å². The number of phosphoric acid groups is 1. The molecule has 8 nitrogen and oxygen atoms in total. The molecular weight excluding hydrogens is 1090 g/mol. The molecule has 1 amide bonds. The van der Waals surface area contributed by atoms with Gasteiger partial charge in [-0.05, 0) is 109 Å². The number of hydrogen-bond acceptors (Lipinski definition) is 5. The van der Waals surface area contributed by atoms with Gasteiger partial charge in [0.25, 0.3) is 0 Å². The minimum atomic E-state index is -4.37. The van der Waals surface area contributed by atoms with Crippen molar-refractivity contribution in [2.75, 3.05) is 40.9 Å². The number of carbonyl (C=O) groups is 1. The first-order valence-electron chi connectivity index (χ1n) is 35.4. The quantitative estimate of drug-likeness (QED) is 0.0243. The monoisotopic (exact) mass is 1230 g/mol. The van der Waals surface area contributed by atoms with Crippen LogP contribution in [-0.4, -0.2) is 73.4 Å². The molecule has 0 aliphatic rings. The fourth-order valence-corrected chi connectivity index (χ4v) is 10.3. The molecule has 3 N–H and O–H groups in total. The molecule has 0 saturated heterocycles. The summed E-state index contributed by atoms with van der Waals surface area (Å²) in [7, 11) is 1.54. The van der Waals surface area contributed by atoms with Gasteiger partial charge in [0.05, 0.1) is 39.9 Å². The van der Waals surface area contributed by atoms with Crippen molar-refractivity contribution in [2.45, 2.75) is 289 Å². The van der Waals surface area contributed by atoms with E-state index in [0.717, 1.165) is 128 Å². The predicted molar refractivity (Wildman–Crippen MR) is 382 cm³/mol. The molecule has 0 bridgehead atoms. The molecule has 9 heteroatoms. The second kappa shape index (κ2) is 66.5. The average molecular weight is 1230 g/mol. The second-order valence-corrected chi connectivity index (χ2v) is 26.0. The highest BCUT2D eigenvalue weighted by atomic mass is 31.2. The van der Waals surface area contributed by atoms with Crippen LogP contribution in [0.2, 0.25) is 0 Å². The summed E-state index contributed by atoms with van der Waals surface area (Å²) < 4.78 is 23.8. The van der Waals surface area contributed by atoms with E-state index >= 15 is 0 Å². The third kappa shape index (κ3) is 69.5. The smallest absolute Gasteiger partial charge is 0.387 e. The van der Waals surface area contributed by atoms with E-state index in [-0.39, 0.29) is 19.1 Å². The minimum Gasteiger partial charge on any atom is -0.387 e. The number of nitrogens with zero attached hydrogens (tertiary/aromatic N) is 1. The maximum absolute atomic E-state index is 13.0. The summed E-state index contributed by atoms with van der Waals surface area (Å²) in [6.07, 6.45) is 104. The highest BCUT2D eigenvalue weighted by Crippen LogP contribution is 2.43. The lowest BCUT2D eigenvalue weighted by molar-refractivity contribution is -0.870. The number of aliphatic hydroxyl groups excluding tert-OH is 1. The predicted octanol–water partition coefficient (Wildman–Crippen LogP) is 22.9. The van der Waals surface area contributed by atoms with Crippen LogP contribution in [-0.2, 0) is 18.4 Å². The van der Waals surface area contributed by atoms with Crippen LogP contribution in [0.1, 0.15) is 277 Å². The van der Waals surface area contributed by atoms with Gasteiger partial charge in [-0.15, -0.1) is 0 Å². The van der Waals surface area contributed by atoms with E-state index in [1.807, 2.05) is 27.2 Å². The van der Waals surface area contributed by atoms with E-state index in [1.165, 1.54) is 128 Å². The highest BCUT2D eigenvalue weighted by Gasteiger charge is 2.28. The van der Waals surface area contributed by atoms with Crippen molar-refractivity contribution in [3.63, 3.8) is 0 Å². The Kier molecular flexibility index (Phi) is 63.6. The van der Waals surface area contributed by atoms with Gasteiger partial charge < -0.3 is 19.8 Å². The summed E-state index contributed by atoms with van der Waals surface area (Å²) in [6, 6.07) is -0.874. The Morgan fingerprint density at radius 3 is 1.01 bits per heavy atom. The van der Waals surface area contributed by atoms with E-state index in [4.69, 9.17) is 9.05 Å². The van der Waals surface area contributed by atoms with Crippen molar-refractivity contribution in [3.05, 3.63) is 158 Å². The van der Waals surface area contributed by atoms with E-state index in [1.54, 1.807) is 6.08 Å². The number of unbranched alkanes of at least 4 members (excludes halogenated alkanes) is 26. The van der Waals surface area contributed by atoms with Gasteiger partial charge in [0.2, 0.25) is 5.91 Å². The Morgan fingerprint density at radius 1 is 0.402 bits per heavy atom. The molecule has 0 fully saturated rings. The van der Waals surface area contributed by atoms with Gasteiger partial charge in [0, 0.05) is 6.42 Å². The molecule has 0 aromatic rings. The molecule has 0 rings (SSSR count). The molecule has 87 heavy (non-hydrogen) atoms. The first-order valence-corrected chi connectivity index (χ1v) is 36.9. The first kappa shape index (κ1) is 83.1. The summed E-state index contributed by atoms with van der Waals surface area (Å²) in [5, 5.41) is 14.0. The van der Waals surface area contributed by atoms with Crippen LogP contribution in [0.25, 0.3) is 0 Å². The maximum Gasteiger partial charge on any atom is 0.472 e. The normalized spacial score (nSPS) is 14.6. The number of carbonyl (C=O) groups excluding carboxylic acids is 1. The zero-order chi connectivity index (χ0) is 63.4. The molecule has 0 saturated carbocycles. The summed E-state index contributed by atoms with van der Waals surface area (Å²) in [5.74, 6) is -0.205. The van der Waals surface area contributed by atoms with Crippen LogP contribution >= 0.6 is 7.82 Å². The van der Waals surface area contributed by atoms with Gasteiger partial charge in [0.15, 0.2) is 0 Å². The lowest BCUT2D eigenvalue weighted by Crippen LogP contribution is -2.45. The zero-order valence-corrected chi connectivity index (χ0v) is 57.6. The van der Waals surface area contributed by atoms with Crippen molar-refractivity contribution < 1.29 is 32.9 Å². The molecule has 3 atom stereocenters. The van der Waals surface area contributed by atoms with Crippen molar-refractivity contribution in [1.82, 2.24) is 5.32 Å². The number of quaternary nitrogens is 1. The number of aliphatic hydroxyl groups is 1. The van der Waals surface area contributed by atoms with E-state index < -0.39 is 20.0 Å². The molecule has 0 aliphatic carbocycles. The molecule has 0 spiro atoms. The number of nitrogens with one attached hydrogen (secondary N) is 1. The van der Waals surface area contributed by atoms with Crippen molar-refractivity contribution in [2.24, 2.45) is 0 Å². The van der Waals surface area contributed by atoms with E-state index in [2.05, 4.69) is 165 Å². The lowest BCUT2D eigenvalue weighted by Gasteiger charge is -2.25. The van der Waals surface area contributed by atoms with Crippen molar-refractivity contribution >= 4 is 13.7 Å². The lowest BCUT2D eigenvalue weighted by atomic mass is 10.0. The molecule has 0 heterocycles. The Balaban J connectivity index is 4.21. The summed E-state index contributed by atoms with van der Waals surface area (Å²) in [5.41, 5.74) is 0. The SMILES string of the molecule is CC/C=C\C/C=C\C/C=C\C/C=C\C/C=C\C/C=C\C/C=C\C/C=C\C/C=C\C/C=C\C/C=C\C/C=C\CCCCCCC(=O)NC(COP(=O)(O)OCC[N+](C)(C)C)C(O)/C=C/CCCCCCCCCCCCCCCCCCCCCCCC. The molecule has 0 radical (unpaired) electrons. The molecule has 0 aromatic heterocycles. The topological polar surface area (TPSA) is 105 Å². The van der Waals surface area contributed by atoms with Gasteiger partial charge in [-0.2, -0.15) is 0 Å². The largest absolute Gasteiger partial charge is 0.472 e. The number of likely N-dealkylation sites (N-methyl/N-ethyl adjacent to an activating group) is 1. The fourth-order valence-electron chi connectivity index (χ4n) is 9.55. The Labute approximate surface area is 537 Å². The van der Waals surface area contributed by atoms with E-state index in [0.29, 0.717) is 17.4 Å². The van der Waals surface area contributed by atoms with Crippen molar-refractivity contribution in [3.8, 4) is 0 Å². The third-order valence-corrected chi connectivity index (χ3v) is 16.0. The third-order valence-electron chi connectivity index (χ3n) is 15.0. The molecular formula is C78H134N2O6P+. The second-order valence-electron chi connectivity index (χ2n) is 24.5. The molecule has 0 aromatic carbocycles. The number of amides is 1. The number of allylic oxidation sites excluding steroid dienone is 25. The van der Waals surface area contributed by atoms with E-state index in [9.17, 15) is 19.4 Å². The first-order chi connectivity index (χ1) is 42.5. The van der Waals surface area contributed by atoms with Gasteiger partial charge >= 0.3 is 7.82 Å². The van der Waals surface area contributed by atoms with Crippen LogP contribution < -0.4 is 5.32 Å². The Morgan fingerprint density at radius 2 is 0.690 bits per heavy atom. The molecule has 496 valence electrons. The van der Waals surface area contributed by atoms with Crippen LogP contribution in [0.15, 0.2) is 158 Å². The Hall–Kier alpha value is -3.88. The van der Waals surface area contributed by atoms with Crippen LogP contribution in [0, 0.1) is 0 Å². The minimum absolute atomic E-state index is 0.0485. The molecule has 0 aliphatic heterocycles. The van der Waals surface area contributed by atoms with Crippen LogP contribution in [0.5, 0.6) is 0 Å². The zero-order valence-electron chi connectivity index (χ0n) is 56.7. The molecule has 3 unspecified atom stereocenters. The van der Waals surface area contributed by atoms with Crippen LogP contribution in [0.3, 0.4) is 0 Å². The van der Waals surface area contributed by atoms with Crippen molar-refractivity contribution in [1.29, 1.82) is 0 Å². The number of hydrogen-bond donors (Lipinski definition) is 3. The van der Waals surface area contributed by atoms with Crippen LogP contribution in [0.4, 0.5) is 0 Å². The fraction of sp³-hybridized carbons (Fsp3) is 0.654. The average Bonchev–Trinajstić information content (AvgIpc) is 3.71. The van der Waals surface area contributed by atoms with Gasteiger partial charge in [-0.1, -0.05) is 320 Å². The number of phosphoric ester groups is 1. The Bertz CT molecular complexity index is 1980. The highest BCUT2D eigenvalue weighted by molar-refractivity contribution is 7.47. The van der Waals surface area contributed by atoms with Gasteiger partial charge in [-0.3, -0.25) is 13.8 Å². The summed E-state index contributed by atoms with van der Waals surface area (Å²) >= 11 is 0. The maximum atomic E-state index is 13.0.